The molecule has 0 unspecified atom stereocenters. The van der Waals surface area contributed by atoms with E-state index in [-0.39, 0.29) is 22.6 Å². The fourth-order valence-electron chi connectivity index (χ4n) is 3.14. The van der Waals surface area contributed by atoms with Crippen molar-refractivity contribution >= 4 is 38.9 Å². The Labute approximate surface area is 168 Å². The van der Waals surface area contributed by atoms with Crippen molar-refractivity contribution in [2.45, 2.75) is 24.7 Å². The third-order valence-corrected chi connectivity index (χ3v) is 7.07. The van der Waals surface area contributed by atoms with E-state index >= 15 is 0 Å². The molecule has 28 heavy (non-hydrogen) atoms. The Morgan fingerprint density at radius 1 is 1.14 bits per heavy atom. The predicted octanol–water partition coefficient (Wildman–Crippen LogP) is 2.54. The first-order valence-corrected chi connectivity index (χ1v) is 11.5. The molecule has 1 saturated heterocycles. The molecule has 0 aliphatic carbocycles. The van der Waals surface area contributed by atoms with Crippen LogP contribution in [0.2, 0.25) is 0 Å². The number of carbonyl (C=O) groups is 2. The van der Waals surface area contributed by atoms with Crippen molar-refractivity contribution in [1.29, 1.82) is 0 Å². The first-order valence-electron chi connectivity index (χ1n) is 9.14. The second-order valence-electron chi connectivity index (χ2n) is 6.56. The van der Waals surface area contributed by atoms with Gasteiger partial charge in [0.2, 0.25) is 15.9 Å². The standard InChI is InChI=1S/C19H23N3O4S2/c1-2-20-28(25,26)16-7-5-15(6-8-16)21-18(23)14-9-11-22(12-10-14)19(24)17-4-3-13-27-17/h3-8,13-14,20H,2,9-12H2,1H3,(H,21,23). The largest absolute Gasteiger partial charge is 0.338 e. The molecule has 3 rings (SSSR count). The fourth-order valence-corrected chi connectivity index (χ4v) is 4.87. The van der Waals surface area contributed by atoms with Crippen LogP contribution in [0.1, 0.15) is 29.4 Å². The summed E-state index contributed by atoms with van der Waals surface area (Å²) in [5.41, 5.74) is 0.553. The SMILES string of the molecule is CCNS(=O)(=O)c1ccc(NC(=O)C2CCN(C(=O)c3cccs3)CC2)cc1. The number of hydrogen-bond donors (Lipinski definition) is 2. The molecule has 0 spiro atoms. The minimum atomic E-state index is -3.51. The van der Waals surface area contributed by atoms with Crippen LogP contribution in [0.25, 0.3) is 0 Å². The van der Waals surface area contributed by atoms with Crippen LogP contribution in [-0.2, 0) is 14.8 Å². The Balaban J connectivity index is 1.54. The molecule has 0 bridgehead atoms. The van der Waals surface area contributed by atoms with E-state index in [0.717, 1.165) is 4.88 Å². The molecule has 150 valence electrons. The third kappa shape index (κ3) is 4.78. The minimum Gasteiger partial charge on any atom is -0.338 e. The molecule has 9 heteroatoms. The number of amides is 2. The number of likely N-dealkylation sites (tertiary alicyclic amines) is 1. The summed E-state index contributed by atoms with van der Waals surface area (Å²) in [7, 11) is -3.51. The second kappa shape index (κ2) is 8.85. The first kappa shape index (κ1) is 20.5. The molecule has 1 aliphatic rings. The van der Waals surface area contributed by atoms with Gasteiger partial charge in [0.1, 0.15) is 0 Å². The Morgan fingerprint density at radius 3 is 2.39 bits per heavy atom. The molecular weight excluding hydrogens is 398 g/mol. The van der Waals surface area contributed by atoms with E-state index in [4.69, 9.17) is 0 Å². The number of rotatable bonds is 6. The molecule has 1 aromatic heterocycles. The van der Waals surface area contributed by atoms with E-state index in [0.29, 0.717) is 38.2 Å². The van der Waals surface area contributed by atoms with Crippen LogP contribution < -0.4 is 10.0 Å². The highest BCUT2D eigenvalue weighted by atomic mass is 32.2. The van der Waals surface area contributed by atoms with Crippen LogP contribution in [0, 0.1) is 5.92 Å². The number of nitrogens with one attached hydrogen (secondary N) is 2. The molecule has 0 atom stereocenters. The van der Waals surface area contributed by atoms with Gasteiger partial charge in [0.05, 0.1) is 9.77 Å². The molecule has 2 N–H and O–H groups in total. The maximum absolute atomic E-state index is 12.5. The summed E-state index contributed by atoms with van der Waals surface area (Å²) in [5.74, 6) is -0.255. The third-order valence-electron chi connectivity index (χ3n) is 4.65. The van der Waals surface area contributed by atoms with Crippen LogP contribution in [0.3, 0.4) is 0 Å². The fraction of sp³-hybridized carbons (Fsp3) is 0.368. The Morgan fingerprint density at radius 2 is 1.82 bits per heavy atom. The van der Waals surface area contributed by atoms with Gasteiger partial charge < -0.3 is 10.2 Å². The zero-order valence-electron chi connectivity index (χ0n) is 15.6. The van der Waals surface area contributed by atoms with Gasteiger partial charge in [-0.3, -0.25) is 9.59 Å². The molecule has 7 nitrogen and oxygen atoms in total. The summed E-state index contributed by atoms with van der Waals surface area (Å²) in [5, 5.41) is 4.72. The van der Waals surface area contributed by atoms with Crippen LogP contribution >= 0.6 is 11.3 Å². The Kier molecular flexibility index (Phi) is 6.48. The quantitative estimate of drug-likeness (QED) is 0.749. The maximum atomic E-state index is 12.5. The summed E-state index contributed by atoms with van der Waals surface area (Å²) in [6, 6.07) is 9.76. The van der Waals surface area contributed by atoms with Crippen molar-refractivity contribution in [2.24, 2.45) is 5.92 Å². The Bertz CT molecular complexity index is 917. The smallest absolute Gasteiger partial charge is 0.263 e. The van der Waals surface area contributed by atoms with E-state index < -0.39 is 10.0 Å². The van der Waals surface area contributed by atoms with E-state index in [1.165, 1.54) is 23.5 Å². The number of hydrogen-bond acceptors (Lipinski definition) is 5. The van der Waals surface area contributed by atoms with Crippen molar-refractivity contribution in [1.82, 2.24) is 9.62 Å². The topological polar surface area (TPSA) is 95.6 Å². The average molecular weight is 422 g/mol. The number of thiophene rings is 1. The molecule has 2 amide bonds. The van der Waals surface area contributed by atoms with Gasteiger partial charge in [0.15, 0.2) is 0 Å². The lowest BCUT2D eigenvalue weighted by atomic mass is 9.95. The summed E-state index contributed by atoms with van der Waals surface area (Å²) in [6.45, 7) is 3.13. The van der Waals surface area contributed by atoms with Gasteiger partial charge in [-0.25, -0.2) is 13.1 Å². The van der Waals surface area contributed by atoms with Crippen LogP contribution in [0.15, 0.2) is 46.7 Å². The van der Waals surface area contributed by atoms with Gasteiger partial charge >= 0.3 is 0 Å². The normalized spacial score (nSPS) is 15.4. The van der Waals surface area contributed by atoms with Crippen LogP contribution in [0.5, 0.6) is 0 Å². The van der Waals surface area contributed by atoms with E-state index in [9.17, 15) is 18.0 Å². The molecule has 1 aromatic carbocycles. The van der Waals surface area contributed by atoms with Crippen molar-refractivity contribution in [3.8, 4) is 0 Å². The van der Waals surface area contributed by atoms with Gasteiger partial charge in [-0.05, 0) is 48.6 Å². The minimum absolute atomic E-state index is 0.0198. The maximum Gasteiger partial charge on any atom is 0.263 e. The average Bonchev–Trinajstić information content (AvgIpc) is 3.23. The van der Waals surface area contributed by atoms with Gasteiger partial charge in [-0.2, -0.15) is 0 Å². The molecular formula is C19H23N3O4S2. The summed E-state index contributed by atoms with van der Waals surface area (Å²) in [6.07, 6.45) is 1.21. The monoisotopic (exact) mass is 421 g/mol. The number of piperidine rings is 1. The molecule has 2 heterocycles. The lowest BCUT2D eigenvalue weighted by Gasteiger charge is -2.31. The number of anilines is 1. The zero-order valence-corrected chi connectivity index (χ0v) is 17.2. The molecule has 1 aliphatic heterocycles. The van der Waals surface area contributed by atoms with E-state index in [1.54, 1.807) is 24.0 Å². The van der Waals surface area contributed by atoms with Gasteiger partial charge in [0, 0.05) is 31.2 Å². The molecule has 2 aromatic rings. The first-order chi connectivity index (χ1) is 13.4. The lowest BCUT2D eigenvalue weighted by molar-refractivity contribution is -0.121. The second-order valence-corrected chi connectivity index (χ2v) is 9.27. The number of benzene rings is 1. The number of sulfonamides is 1. The van der Waals surface area contributed by atoms with Crippen LogP contribution in [-0.4, -0.2) is 44.8 Å². The van der Waals surface area contributed by atoms with Crippen molar-refractivity contribution in [2.75, 3.05) is 25.0 Å². The van der Waals surface area contributed by atoms with E-state index in [1.807, 2.05) is 17.5 Å². The molecule has 0 radical (unpaired) electrons. The predicted molar refractivity (Wildman–Crippen MR) is 109 cm³/mol. The highest BCUT2D eigenvalue weighted by molar-refractivity contribution is 7.89. The van der Waals surface area contributed by atoms with Gasteiger partial charge in [-0.15, -0.1) is 11.3 Å². The molecule has 1 fully saturated rings. The zero-order chi connectivity index (χ0) is 20.1. The van der Waals surface area contributed by atoms with Crippen molar-refractivity contribution < 1.29 is 18.0 Å². The number of nitrogens with zero attached hydrogens (tertiary/aromatic N) is 1. The molecule has 0 saturated carbocycles. The summed E-state index contributed by atoms with van der Waals surface area (Å²) in [4.78, 5) is 27.5. The summed E-state index contributed by atoms with van der Waals surface area (Å²) >= 11 is 1.42. The highest BCUT2D eigenvalue weighted by Gasteiger charge is 2.28. The van der Waals surface area contributed by atoms with Crippen LogP contribution in [0.4, 0.5) is 5.69 Å². The Hall–Kier alpha value is -2.23. The van der Waals surface area contributed by atoms with E-state index in [2.05, 4.69) is 10.0 Å². The summed E-state index contributed by atoms with van der Waals surface area (Å²) < 4.78 is 26.3. The van der Waals surface area contributed by atoms with Crippen molar-refractivity contribution in [3.05, 3.63) is 46.7 Å². The van der Waals surface area contributed by atoms with Gasteiger partial charge in [-0.1, -0.05) is 13.0 Å². The lowest BCUT2D eigenvalue weighted by Crippen LogP contribution is -2.41. The highest BCUT2D eigenvalue weighted by Crippen LogP contribution is 2.22. The van der Waals surface area contributed by atoms with Gasteiger partial charge in [0.25, 0.3) is 5.91 Å². The van der Waals surface area contributed by atoms with Crippen molar-refractivity contribution in [3.63, 3.8) is 0 Å². The number of carbonyl (C=O) groups excluding carboxylic acids is 2.